The van der Waals surface area contributed by atoms with E-state index in [4.69, 9.17) is 4.74 Å². The number of hydrogen-bond acceptors (Lipinski definition) is 5. The fourth-order valence-electron chi connectivity index (χ4n) is 4.11. The maximum absolute atomic E-state index is 15.2. The minimum absolute atomic E-state index is 0.100. The average molecular weight is 389 g/mol. The SMILES string of the molecule is Cc1c(N2CCC(O)C2)c(F)cc2c(OCCN(C)C)cc(=O)n(C3CC3)c12. The molecule has 28 heavy (non-hydrogen) atoms. The number of aryl methyl sites for hydroxylation is 1. The molecule has 2 aliphatic rings. The third-order valence-electron chi connectivity index (χ3n) is 5.65. The predicted molar refractivity (Wildman–Crippen MR) is 108 cm³/mol. The van der Waals surface area contributed by atoms with Gasteiger partial charge in [-0.15, -0.1) is 0 Å². The molecule has 1 saturated carbocycles. The fourth-order valence-corrected chi connectivity index (χ4v) is 4.11. The van der Waals surface area contributed by atoms with Gasteiger partial charge >= 0.3 is 0 Å². The van der Waals surface area contributed by atoms with Crippen molar-refractivity contribution < 1.29 is 14.2 Å². The van der Waals surface area contributed by atoms with Gasteiger partial charge in [0.15, 0.2) is 0 Å². The highest BCUT2D eigenvalue weighted by Crippen LogP contribution is 2.41. The number of fused-ring (bicyclic) bond motifs is 1. The van der Waals surface area contributed by atoms with Crippen molar-refractivity contribution in [1.82, 2.24) is 9.47 Å². The van der Waals surface area contributed by atoms with Gasteiger partial charge in [0.1, 0.15) is 18.2 Å². The van der Waals surface area contributed by atoms with Crippen LogP contribution in [0.2, 0.25) is 0 Å². The summed E-state index contributed by atoms with van der Waals surface area (Å²) in [6, 6.07) is 3.16. The molecule has 1 aromatic heterocycles. The number of aromatic nitrogens is 1. The quantitative estimate of drug-likeness (QED) is 0.822. The first-order valence-electron chi connectivity index (χ1n) is 9.95. The van der Waals surface area contributed by atoms with E-state index in [2.05, 4.69) is 0 Å². The highest BCUT2D eigenvalue weighted by Gasteiger charge is 2.31. The zero-order chi connectivity index (χ0) is 20.0. The van der Waals surface area contributed by atoms with Gasteiger partial charge in [0.05, 0.1) is 17.3 Å². The number of likely N-dealkylation sites (N-methyl/N-ethyl adjacent to an activating group) is 1. The molecular weight excluding hydrogens is 361 g/mol. The Hall–Kier alpha value is -2.12. The molecule has 0 spiro atoms. The summed E-state index contributed by atoms with van der Waals surface area (Å²) in [7, 11) is 3.90. The molecular formula is C21H28FN3O3. The standard InChI is InChI=1S/C21H28FN3O3/c1-13-20-16(10-17(22)21(13)24-7-6-15(26)12-24)18(28-9-8-23(2)3)11-19(27)25(20)14-4-5-14/h10-11,14-15,26H,4-9,12H2,1-3H3. The molecule has 0 amide bonds. The Morgan fingerprint density at radius 3 is 2.64 bits per heavy atom. The van der Waals surface area contributed by atoms with Gasteiger partial charge < -0.3 is 24.2 Å². The Labute approximate surface area is 164 Å². The van der Waals surface area contributed by atoms with E-state index in [0.717, 1.165) is 23.9 Å². The third kappa shape index (κ3) is 3.49. The summed E-state index contributed by atoms with van der Waals surface area (Å²) in [6.07, 6.45) is 2.11. The van der Waals surface area contributed by atoms with Gasteiger partial charge in [-0.2, -0.15) is 0 Å². The number of ether oxygens (including phenoxy) is 1. The van der Waals surface area contributed by atoms with Gasteiger partial charge in [-0.05, 0) is 51.9 Å². The van der Waals surface area contributed by atoms with Crippen LogP contribution in [0.3, 0.4) is 0 Å². The number of β-amino-alcohol motifs (C(OH)–C–C–N with tert-alkyl or cyclic N) is 1. The van der Waals surface area contributed by atoms with Gasteiger partial charge in [-0.1, -0.05) is 0 Å². The lowest BCUT2D eigenvalue weighted by atomic mass is 10.1. The lowest BCUT2D eigenvalue weighted by Crippen LogP contribution is -2.25. The lowest BCUT2D eigenvalue weighted by Gasteiger charge is -2.24. The maximum Gasteiger partial charge on any atom is 0.255 e. The van der Waals surface area contributed by atoms with Crippen LogP contribution < -0.4 is 15.2 Å². The molecule has 2 aromatic rings. The van der Waals surface area contributed by atoms with E-state index in [1.807, 2.05) is 30.8 Å². The molecule has 1 saturated heterocycles. The third-order valence-corrected chi connectivity index (χ3v) is 5.65. The van der Waals surface area contributed by atoms with Crippen molar-refractivity contribution in [2.45, 2.75) is 38.3 Å². The van der Waals surface area contributed by atoms with Crippen molar-refractivity contribution in [2.24, 2.45) is 0 Å². The number of nitrogens with zero attached hydrogens (tertiary/aromatic N) is 3. The van der Waals surface area contributed by atoms with Crippen LogP contribution >= 0.6 is 0 Å². The summed E-state index contributed by atoms with van der Waals surface area (Å²) < 4.78 is 22.9. The van der Waals surface area contributed by atoms with Crippen LogP contribution in [0.5, 0.6) is 5.75 Å². The number of hydrogen-bond donors (Lipinski definition) is 1. The van der Waals surface area contributed by atoms with Gasteiger partial charge in [0, 0.05) is 37.1 Å². The van der Waals surface area contributed by atoms with Crippen LogP contribution in [0.1, 0.15) is 30.9 Å². The number of benzene rings is 1. The summed E-state index contributed by atoms with van der Waals surface area (Å²) in [5.41, 5.74) is 1.89. The molecule has 1 N–H and O–H groups in total. The first-order chi connectivity index (χ1) is 13.4. The molecule has 6 nitrogen and oxygen atoms in total. The summed E-state index contributed by atoms with van der Waals surface area (Å²) in [5, 5.41) is 10.5. The Morgan fingerprint density at radius 1 is 1.29 bits per heavy atom. The van der Waals surface area contributed by atoms with Crippen molar-refractivity contribution in [3.8, 4) is 5.75 Å². The van der Waals surface area contributed by atoms with Crippen molar-refractivity contribution in [3.05, 3.63) is 33.9 Å². The molecule has 2 heterocycles. The van der Waals surface area contributed by atoms with Crippen LogP contribution in [0, 0.1) is 12.7 Å². The largest absolute Gasteiger partial charge is 0.491 e. The van der Waals surface area contributed by atoms with E-state index in [9.17, 15) is 9.90 Å². The first-order valence-corrected chi connectivity index (χ1v) is 9.95. The van der Waals surface area contributed by atoms with Crippen molar-refractivity contribution in [3.63, 3.8) is 0 Å². The second-order valence-corrected chi connectivity index (χ2v) is 8.22. The van der Waals surface area contributed by atoms with Crippen LogP contribution in [0.15, 0.2) is 16.9 Å². The van der Waals surface area contributed by atoms with Crippen molar-refractivity contribution in [2.75, 3.05) is 45.2 Å². The minimum Gasteiger partial charge on any atom is -0.491 e. The molecule has 1 aliphatic carbocycles. The van der Waals surface area contributed by atoms with Crippen molar-refractivity contribution in [1.29, 1.82) is 0 Å². The summed E-state index contributed by atoms with van der Waals surface area (Å²) in [6.45, 7) is 4.02. The molecule has 2 fully saturated rings. The summed E-state index contributed by atoms with van der Waals surface area (Å²) in [4.78, 5) is 16.8. The molecule has 152 valence electrons. The zero-order valence-corrected chi connectivity index (χ0v) is 16.7. The number of aliphatic hydroxyl groups excluding tert-OH is 1. The lowest BCUT2D eigenvalue weighted by molar-refractivity contribution is 0.198. The molecule has 1 aliphatic heterocycles. The first kappa shape index (κ1) is 19.2. The van der Waals surface area contributed by atoms with Crippen LogP contribution in [0.4, 0.5) is 10.1 Å². The second-order valence-electron chi connectivity index (χ2n) is 8.22. The van der Waals surface area contributed by atoms with Crippen LogP contribution in [0.25, 0.3) is 10.9 Å². The van der Waals surface area contributed by atoms with E-state index < -0.39 is 6.10 Å². The zero-order valence-electron chi connectivity index (χ0n) is 16.7. The Balaban J connectivity index is 1.87. The highest BCUT2D eigenvalue weighted by molar-refractivity contribution is 5.92. The molecule has 4 rings (SSSR count). The minimum atomic E-state index is -0.444. The van der Waals surface area contributed by atoms with Crippen LogP contribution in [-0.2, 0) is 0 Å². The fraction of sp³-hybridized carbons (Fsp3) is 0.571. The van der Waals surface area contributed by atoms with E-state index in [-0.39, 0.29) is 17.4 Å². The van der Waals surface area contributed by atoms with E-state index in [1.165, 1.54) is 12.1 Å². The molecule has 1 atom stereocenters. The smallest absolute Gasteiger partial charge is 0.255 e. The van der Waals surface area contributed by atoms with Crippen molar-refractivity contribution >= 4 is 16.6 Å². The molecule has 7 heteroatoms. The number of aliphatic hydroxyl groups is 1. The van der Waals surface area contributed by atoms with E-state index in [0.29, 0.717) is 49.5 Å². The maximum atomic E-state index is 15.2. The van der Waals surface area contributed by atoms with Gasteiger partial charge in [0.2, 0.25) is 0 Å². The average Bonchev–Trinajstić information content (AvgIpc) is 3.37. The summed E-state index contributed by atoms with van der Waals surface area (Å²) >= 11 is 0. The monoisotopic (exact) mass is 389 g/mol. The molecule has 0 radical (unpaired) electrons. The van der Waals surface area contributed by atoms with Gasteiger partial charge in [-0.3, -0.25) is 4.79 Å². The molecule has 0 bridgehead atoms. The van der Waals surface area contributed by atoms with E-state index >= 15 is 4.39 Å². The number of anilines is 1. The topological polar surface area (TPSA) is 57.9 Å². The van der Waals surface area contributed by atoms with E-state index in [1.54, 1.807) is 4.57 Å². The number of pyridine rings is 1. The van der Waals surface area contributed by atoms with Gasteiger partial charge in [-0.25, -0.2) is 4.39 Å². The Kier molecular flexibility index (Phi) is 5.05. The van der Waals surface area contributed by atoms with Gasteiger partial charge in [0.25, 0.3) is 5.56 Å². The number of rotatable bonds is 6. The highest BCUT2D eigenvalue weighted by atomic mass is 19.1. The predicted octanol–water partition coefficient (Wildman–Crippen LogP) is 2.30. The Bertz CT molecular complexity index is 952. The molecule has 1 unspecified atom stereocenters. The van der Waals surface area contributed by atoms with Crippen LogP contribution in [-0.4, -0.2) is 61.0 Å². The second kappa shape index (κ2) is 7.37. The molecule has 1 aromatic carbocycles. The summed E-state index contributed by atoms with van der Waals surface area (Å²) in [5.74, 6) is 0.103. The number of halogens is 1. The normalized spacial score (nSPS) is 19.8. The Morgan fingerprint density at radius 2 is 2.04 bits per heavy atom.